The number of nitrogens with zero attached hydrogens (tertiary/aromatic N) is 5. The number of aromatic nitrogens is 3. The van der Waals surface area contributed by atoms with Gasteiger partial charge in [0.15, 0.2) is 0 Å². The summed E-state index contributed by atoms with van der Waals surface area (Å²) >= 11 is 0. The van der Waals surface area contributed by atoms with E-state index in [0.717, 1.165) is 23.9 Å². The number of hydrogen-bond acceptors (Lipinski definition) is 5. The third-order valence-corrected chi connectivity index (χ3v) is 4.70. The van der Waals surface area contributed by atoms with Gasteiger partial charge in [0.25, 0.3) is 5.69 Å². The normalized spacial score (nSPS) is 13.0. The SMILES string of the molecule is O=[N+]([O-])c1ccc(F)cc1-c1ccc2c(c1F)CCN2CCn1cncn1. The number of anilines is 1. The van der Waals surface area contributed by atoms with Crippen molar-refractivity contribution in [2.45, 2.75) is 13.0 Å². The quantitative estimate of drug-likeness (QED) is 0.508. The molecule has 3 aromatic rings. The van der Waals surface area contributed by atoms with Crippen LogP contribution in [0.1, 0.15) is 5.56 Å². The summed E-state index contributed by atoms with van der Waals surface area (Å²) < 4.78 is 30.4. The molecule has 0 radical (unpaired) electrons. The van der Waals surface area contributed by atoms with Gasteiger partial charge in [0.2, 0.25) is 0 Å². The van der Waals surface area contributed by atoms with Gasteiger partial charge < -0.3 is 4.90 Å². The molecule has 0 atom stereocenters. The zero-order valence-corrected chi connectivity index (χ0v) is 14.2. The minimum Gasteiger partial charge on any atom is -0.369 e. The predicted octanol–water partition coefficient (Wildman–Crippen LogP) is 3.19. The molecule has 2 aromatic carbocycles. The largest absolute Gasteiger partial charge is 0.369 e. The molecule has 0 aliphatic carbocycles. The summed E-state index contributed by atoms with van der Waals surface area (Å²) in [4.78, 5) is 16.5. The molecule has 0 unspecified atom stereocenters. The molecule has 0 N–H and O–H groups in total. The minimum atomic E-state index is -0.648. The van der Waals surface area contributed by atoms with Crippen LogP contribution in [-0.2, 0) is 13.0 Å². The zero-order chi connectivity index (χ0) is 19.0. The van der Waals surface area contributed by atoms with Crippen molar-refractivity contribution in [1.29, 1.82) is 0 Å². The molecule has 0 bridgehead atoms. The van der Waals surface area contributed by atoms with E-state index < -0.39 is 16.6 Å². The van der Waals surface area contributed by atoms with E-state index in [4.69, 9.17) is 0 Å². The number of hydrogen-bond donors (Lipinski definition) is 0. The fraction of sp³-hybridized carbons (Fsp3) is 0.222. The molecule has 2 heterocycles. The monoisotopic (exact) mass is 371 g/mol. The minimum absolute atomic E-state index is 0.0399. The molecule has 0 saturated heterocycles. The van der Waals surface area contributed by atoms with Crippen molar-refractivity contribution in [3.63, 3.8) is 0 Å². The maximum Gasteiger partial charge on any atom is 0.277 e. The molecule has 27 heavy (non-hydrogen) atoms. The van der Waals surface area contributed by atoms with Crippen molar-refractivity contribution in [1.82, 2.24) is 14.8 Å². The Hall–Kier alpha value is -3.36. The van der Waals surface area contributed by atoms with Crippen LogP contribution in [-0.4, -0.2) is 32.8 Å². The van der Waals surface area contributed by atoms with E-state index >= 15 is 4.39 Å². The molecular formula is C18H15F2N5O2. The van der Waals surface area contributed by atoms with E-state index in [1.807, 2.05) is 4.90 Å². The number of fused-ring (bicyclic) bond motifs is 1. The van der Waals surface area contributed by atoms with Gasteiger partial charge >= 0.3 is 0 Å². The van der Waals surface area contributed by atoms with Crippen LogP contribution >= 0.6 is 0 Å². The second kappa shape index (κ2) is 6.75. The Morgan fingerprint density at radius 3 is 2.74 bits per heavy atom. The Morgan fingerprint density at radius 1 is 1.15 bits per heavy atom. The molecule has 0 saturated carbocycles. The fourth-order valence-electron chi connectivity index (χ4n) is 3.41. The highest BCUT2D eigenvalue weighted by Gasteiger charge is 2.27. The van der Waals surface area contributed by atoms with Crippen LogP contribution in [0.15, 0.2) is 43.0 Å². The first-order valence-corrected chi connectivity index (χ1v) is 8.37. The van der Waals surface area contributed by atoms with E-state index in [9.17, 15) is 14.5 Å². The van der Waals surface area contributed by atoms with E-state index in [0.29, 0.717) is 31.6 Å². The van der Waals surface area contributed by atoms with Gasteiger partial charge in [-0.15, -0.1) is 0 Å². The van der Waals surface area contributed by atoms with Crippen LogP contribution in [0.5, 0.6) is 0 Å². The van der Waals surface area contributed by atoms with Crippen LogP contribution in [0.25, 0.3) is 11.1 Å². The number of halogens is 2. The molecule has 0 spiro atoms. The molecule has 1 aromatic heterocycles. The van der Waals surface area contributed by atoms with E-state index in [2.05, 4.69) is 10.1 Å². The Kier molecular flexibility index (Phi) is 4.27. The van der Waals surface area contributed by atoms with Crippen LogP contribution in [0.3, 0.4) is 0 Å². The number of nitro benzene ring substituents is 1. The maximum absolute atomic E-state index is 15.1. The third kappa shape index (κ3) is 3.12. The van der Waals surface area contributed by atoms with Gasteiger partial charge in [-0.05, 0) is 30.7 Å². The molecule has 9 heteroatoms. The molecule has 1 aliphatic rings. The van der Waals surface area contributed by atoms with Gasteiger partial charge in [-0.3, -0.25) is 14.8 Å². The highest BCUT2D eigenvalue weighted by Crippen LogP contribution is 2.38. The molecule has 0 amide bonds. The van der Waals surface area contributed by atoms with Gasteiger partial charge in [0, 0.05) is 36.0 Å². The Bertz CT molecular complexity index is 1010. The van der Waals surface area contributed by atoms with Crippen molar-refractivity contribution in [3.8, 4) is 11.1 Å². The number of benzene rings is 2. The highest BCUT2D eigenvalue weighted by atomic mass is 19.1. The molecule has 4 rings (SSSR count). The summed E-state index contributed by atoms with van der Waals surface area (Å²) in [5.74, 6) is -1.19. The Morgan fingerprint density at radius 2 is 2.00 bits per heavy atom. The molecule has 138 valence electrons. The first-order valence-electron chi connectivity index (χ1n) is 8.37. The maximum atomic E-state index is 15.1. The van der Waals surface area contributed by atoms with Crippen molar-refractivity contribution in [2.75, 3.05) is 18.0 Å². The summed E-state index contributed by atoms with van der Waals surface area (Å²) in [5.41, 5.74) is 0.899. The molecular weight excluding hydrogens is 356 g/mol. The smallest absolute Gasteiger partial charge is 0.277 e. The first kappa shape index (κ1) is 17.1. The predicted molar refractivity (Wildman–Crippen MR) is 94.4 cm³/mol. The van der Waals surface area contributed by atoms with Gasteiger partial charge in [-0.1, -0.05) is 0 Å². The van der Waals surface area contributed by atoms with Crippen molar-refractivity contribution in [3.05, 3.63) is 70.3 Å². The second-order valence-corrected chi connectivity index (χ2v) is 6.24. The summed E-state index contributed by atoms with van der Waals surface area (Å²) in [5, 5.41) is 15.3. The van der Waals surface area contributed by atoms with Crippen LogP contribution in [0, 0.1) is 21.7 Å². The van der Waals surface area contributed by atoms with E-state index in [1.165, 1.54) is 12.4 Å². The summed E-state index contributed by atoms with van der Waals surface area (Å²) in [7, 11) is 0. The third-order valence-electron chi connectivity index (χ3n) is 4.70. The number of rotatable bonds is 5. The fourth-order valence-corrected chi connectivity index (χ4v) is 3.41. The summed E-state index contributed by atoms with van der Waals surface area (Å²) in [6.07, 6.45) is 3.55. The molecule has 0 fully saturated rings. The lowest BCUT2D eigenvalue weighted by Gasteiger charge is -2.19. The highest BCUT2D eigenvalue weighted by molar-refractivity contribution is 5.77. The summed E-state index contributed by atoms with van der Waals surface area (Å²) in [6.45, 7) is 1.88. The molecule has 7 nitrogen and oxygen atoms in total. The van der Waals surface area contributed by atoms with Crippen molar-refractivity contribution < 1.29 is 13.7 Å². The van der Waals surface area contributed by atoms with E-state index in [-0.39, 0.29) is 16.8 Å². The lowest BCUT2D eigenvalue weighted by Crippen LogP contribution is -2.25. The standard InChI is InChI=1S/C18H15F2N5O2/c19-12-1-3-17(25(26)27)15(9-12)13-2-4-16-14(18(13)20)5-6-23(16)7-8-24-11-21-10-22-24/h1-4,9-11H,5-8H2. The average molecular weight is 371 g/mol. The van der Waals surface area contributed by atoms with Gasteiger partial charge in [0.1, 0.15) is 24.3 Å². The zero-order valence-electron chi connectivity index (χ0n) is 14.2. The van der Waals surface area contributed by atoms with Gasteiger partial charge in [-0.2, -0.15) is 5.10 Å². The van der Waals surface area contributed by atoms with Crippen LogP contribution < -0.4 is 4.90 Å². The Balaban J connectivity index is 1.67. The van der Waals surface area contributed by atoms with Crippen molar-refractivity contribution >= 4 is 11.4 Å². The average Bonchev–Trinajstić information content (AvgIpc) is 3.30. The van der Waals surface area contributed by atoms with Crippen LogP contribution in [0.4, 0.5) is 20.2 Å². The first-order chi connectivity index (χ1) is 13.0. The van der Waals surface area contributed by atoms with Crippen molar-refractivity contribution in [2.24, 2.45) is 0 Å². The van der Waals surface area contributed by atoms with Crippen LogP contribution in [0.2, 0.25) is 0 Å². The topological polar surface area (TPSA) is 77.1 Å². The lowest BCUT2D eigenvalue weighted by molar-refractivity contribution is -0.384. The summed E-state index contributed by atoms with van der Waals surface area (Å²) in [6, 6.07) is 6.27. The lowest BCUT2D eigenvalue weighted by atomic mass is 9.99. The Labute approximate surface area is 153 Å². The number of nitro groups is 1. The van der Waals surface area contributed by atoms with E-state index in [1.54, 1.807) is 17.1 Å². The van der Waals surface area contributed by atoms with Gasteiger partial charge in [0.05, 0.1) is 17.0 Å². The second-order valence-electron chi connectivity index (χ2n) is 6.24. The molecule has 1 aliphatic heterocycles. The van der Waals surface area contributed by atoms with Gasteiger partial charge in [-0.25, -0.2) is 13.8 Å².